The number of carbonyl (C=O) groups is 2. The first kappa shape index (κ1) is 16.2. The molecule has 1 aromatic rings. The van der Waals surface area contributed by atoms with Gasteiger partial charge in [-0.3, -0.25) is 9.48 Å². The Morgan fingerprint density at radius 2 is 2.00 bits per heavy atom. The molecule has 0 fully saturated rings. The standard InChI is InChI=1S/C14H23N3O3/c1-6-8(2)13(14(19)20)15-12(18)7-11-9(3)16-17(5)10(11)4/h8,13H,6-7H2,1-5H3,(H,15,18)(H,19,20)/t8-,13-/m0/s1. The Hall–Kier alpha value is -1.85. The Labute approximate surface area is 119 Å². The topological polar surface area (TPSA) is 84.2 Å². The van der Waals surface area contributed by atoms with Crippen LogP contribution in [0.2, 0.25) is 0 Å². The molecule has 0 bridgehead atoms. The minimum absolute atomic E-state index is 0.104. The number of hydrogen-bond acceptors (Lipinski definition) is 3. The second-order valence-electron chi connectivity index (χ2n) is 5.22. The van der Waals surface area contributed by atoms with E-state index in [0.29, 0.717) is 6.42 Å². The number of amides is 1. The van der Waals surface area contributed by atoms with Gasteiger partial charge in [0.2, 0.25) is 5.91 Å². The summed E-state index contributed by atoms with van der Waals surface area (Å²) in [6, 6.07) is -0.843. The zero-order valence-corrected chi connectivity index (χ0v) is 12.7. The van der Waals surface area contributed by atoms with Crippen molar-refractivity contribution in [3.8, 4) is 0 Å². The van der Waals surface area contributed by atoms with Crippen LogP contribution in [0, 0.1) is 19.8 Å². The lowest BCUT2D eigenvalue weighted by atomic mass is 9.99. The molecule has 0 unspecified atom stereocenters. The molecule has 0 saturated heterocycles. The number of carbonyl (C=O) groups excluding carboxylic acids is 1. The van der Waals surface area contributed by atoms with Crippen LogP contribution in [-0.2, 0) is 23.1 Å². The van der Waals surface area contributed by atoms with E-state index in [9.17, 15) is 14.7 Å². The largest absolute Gasteiger partial charge is 0.480 e. The van der Waals surface area contributed by atoms with Crippen molar-refractivity contribution in [2.75, 3.05) is 0 Å². The third-order valence-electron chi connectivity index (χ3n) is 3.79. The lowest BCUT2D eigenvalue weighted by Gasteiger charge is -2.20. The molecule has 1 amide bonds. The number of rotatable bonds is 6. The van der Waals surface area contributed by atoms with Gasteiger partial charge in [-0.05, 0) is 19.8 Å². The molecule has 112 valence electrons. The molecule has 0 aliphatic rings. The van der Waals surface area contributed by atoms with Gasteiger partial charge >= 0.3 is 5.97 Å². The van der Waals surface area contributed by atoms with Crippen LogP contribution in [0.1, 0.15) is 37.2 Å². The minimum Gasteiger partial charge on any atom is -0.480 e. The van der Waals surface area contributed by atoms with E-state index < -0.39 is 12.0 Å². The summed E-state index contributed by atoms with van der Waals surface area (Å²) >= 11 is 0. The van der Waals surface area contributed by atoms with Gasteiger partial charge in [-0.25, -0.2) is 4.79 Å². The highest BCUT2D eigenvalue weighted by molar-refractivity contribution is 5.85. The highest BCUT2D eigenvalue weighted by atomic mass is 16.4. The van der Waals surface area contributed by atoms with E-state index >= 15 is 0 Å². The highest BCUT2D eigenvalue weighted by Crippen LogP contribution is 2.13. The predicted octanol–water partition coefficient (Wildman–Crippen LogP) is 1.19. The summed E-state index contributed by atoms with van der Waals surface area (Å²) in [5.74, 6) is -1.38. The molecule has 0 spiro atoms. The lowest BCUT2D eigenvalue weighted by Crippen LogP contribution is -2.45. The molecule has 0 aliphatic carbocycles. The monoisotopic (exact) mass is 281 g/mol. The molecule has 6 heteroatoms. The maximum absolute atomic E-state index is 12.0. The Kier molecular flexibility index (Phi) is 5.30. The first-order valence-electron chi connectivity index (χ1n) is 6.79. The van der Waals surface area contributed by atoms with Gasteiger partial charge in [-0.1, -0.05) is 20.3 Å². The molecule has 0 aliphatic heterocycles. The summed E-state index contributed by atoms with van der Waals surface area (Å²) in [4.78, 5) is 23.2. The summed E-state index contributed by atoms with van der Waals surface area (Å²) in [5, 5.41) is 16.0. The Balaban J connectivity index is 2.78. The van der Waals surface area contributed by atoms with Crippen LogP contribution in [0.25, 0.3) is 0 Å². The molecular weight excluding hydrogens is 258 g/mol. The smallest absolute Gasteiger partial charge is 0.326 e. The van der Waals surface area contributed by atoms with E-state index in [2.05, 4.69) is 10.4 Å². The molecule has 2 atom stereocenters. The van der Waals surface area contributed by atoms with Crippen LogP contribution >= 0.6 is 0 Å². The zero-order valence-electron chi connectivity index (χ0n) is 12.7. The second kappa shape index (κ2) is 6.54. The van der Waals surface area contributed by atoms with Crippen LogP contribution in [0.5, 0.6) is 0 Å². The fourth-order valence-corrected chi connectivity index (χ4v) is 2.14. The number of carboxylic acid groups (broad SMARTS) is 1. The van der Waals surface area contributed by atoms with Crippen LogP contribution < -0.4 is 5.32 Å². The van der Waals surface area contributed by atoms with Gasteiger partial charge in [0.25, 0.3) is 0 Å². The van der Waals surface area contributed by atoms with Crippen molar-refractivity contribution < 1.29 is 14.7 Å². The minimum atomic E-state index is -0.993. The normalized spacial score (nSPS) is 13.8. The number of aromatic nitrogens is 2. The third-order valence-corrected chi connectivity index (χ3v) is 3.79. The molecule has 6 nitrogen and oxygen atoms in total. The predicted molar refractivity (Wildman–Crippen MR) is 75.4 cm³/mol. The van der Waals surface area contributed by atoms with Crippen molar-refractivity contribution in [2.24, 2.45) is 13.0 Å². The highest BCUT2D eigenvalue weighted by Gasteiger charge is 2.26. The van der Waals surface area contributed by atoms with Crippen LogP contribution in [0.3, 0.4) is 0 Å². The lowest BCUT2D eigenvalue weighted by molar-refractivity contribution is -0.143. The Morgan fingerprint density at radius 3 is 2.40 bits per heavy atom. The number of aryl methyl sites for hydroxylation is 2. The molecule has 0 saturated carbocycles. The van der Waals surface area contributed by atoms with Crippen molar-refractivity contribution in [1.82, 2.24) is 15.1 Å². The maximum atomic E-state index is 12.0. The SMILES string of the molecule is CC[C@H](C)[C@H](NC(=O)Cc1c(C)nn(C)c1C)C(=O)O. The van der Waals surface area contributed by atoms with Crippen LogP contribution in [0.4, 0.5) is 0 Å². The van der Waals surface area contributed by atoms with E-state index in [0.717, 1.165) is 17.0 Å². The molecule has 2 N–H and O–H groups in total. The van der Waals surface area contributed by atoms with Gasteiger partial charge in [0.15, 0.2) is 0 Å². The Morgan fingerprint density at radius 1 is 1.40 bits per heavy atom. The van der Waals surface area contributed by atoms with E-state index in [1.54, 1.807) is 4.68 Å². The van der Waals surface area contributed by atoms with Gasteiger partial charge in [0, 0.05) is 18.3 Å². The van der Waals surface area contributed by atoms with Crippen LogP contribution in [0.15, 0.2) is 0 Å². The summed E-state index contributed by atoms with van der Waals surface area (Å²) in [6.45, 7) is 7.47. The van der Waals surface area contributed by atoms with E-state index in [1.165, 1.54) is 0 Å². The number of nitrogens with zero attached hydrogens (tertiary/aromatic N) is 2. The fourth-order valence-electron chi connectivity index (χ4n) is 2.14. The Bertz CT molecular complexity index is 508. The molecule has 0 radical (unpaired) electrons. The van der Waals surface area contributed by atoms with Crippen molar-refractivity contribution in [3.63, 3.8) is 0 Å². The molecular formula is C14H23N3O3. The number of carboxylic acids is 1. The number of nitrogens with one attached hydrogen (secondary N) is 1. The third kappa shape index (κ3) is 3.59. The van der Waals surface area contributed by atoms with Crippen LogP contribution in [-0.4, -0.2) is 32.8 Å². The number of hydrogen-bond donors (Lipinski definition) is 2. The average Bonchev–Trinajstić information content (AvgIpc) is 2.61. The van der Waals surface area contributed by atoms with Crippen molar-refractivity contribution in [2.45, 2.75) is 46.6 Å². The van der Waals surface area contributed by atoms with Crippen molar-refractivity contribution >= 4 is 11.9 Å². The fraction of sp³-hybridized carbons (Fsp3) is 0.643. The van der Waals surface area contributed by atoms with Gasteiger partial charge < -0.3 is 10.4 Å². The van der Waals surface area contributed by atoms with E-state index in [-0.39, 0.29) is 18.2 Å². The number of aliphatic carboxylic acids is 1. The first-order chi connectivity index (χ1) is 9.27. The second-order valence-corrected chi connectivity index (χ2v) is 5.22. The summed E-state index contributed by atoms with van der Waals surface area (Å²) in [7, 11) is 1.82. The molecule has 1 rings (SSSR count). The maximum Gasteiger partial charge on any atom is 0.326 e. The molecule has 1 heterocycles. The summed E-state index contributed by atoms with van der Waals surface area (Å²) < 4.78 is 1.72. The summed E-state index contributed by atoms with van der Waals surface area (Å²) in [5.41, 5.74) is 2.59. The first-order valence-corrected chi connectivity index (χ1v) is 6.79. The molecule has 0 aromatic carbocycles. The van der Waals surface area contributed by atoms with Gasteiger partial charge in [-0.15, -0.1) is 0 Å². The quantitative estimate of drug-likeness (QED) is 0.820. The van der Waals surface area contributed by atoms with E-state index in [4.69, 9.17) is 0 Å². The summed E-state index contributed by atoms with van der Waals surface area (Å²) in [6.07, 6.45) is 0.855. The average molecular weight is 281 g/mol. The molecule has 1 aromatic heterocycles. The molecule has 20 heavy (non-hydrogen) atoms. The zero-order chi connectivity index (χ0) is 15.4. The van der Waals surface area contributed by atoms with E-state index in [1.807, 2.05) is 34.7 Å². The van der Waals surface area contributed by atoms with Crippen molar-refractivity contribution in [3.05, 3.63) is 17.0 Å². The van der Waals surface area contributed by atoms with Gasteiger partial charge in [0.1, 0.15) is 6.04 Å². The van der Waals surface area contributed by atoms with Gasteiger partial charge in [-0.2, -0.15) is 5.10 Å². The van der Waals surface area contributed by atoms with Crippen molar-refractivity contribution in [1.29, 1.82) is 0 Å². The van der Waals surface area contributed by atoms with Gasteiger partial charge in [0.05, 0.1) is 12.1 Å².